The Bertz CT molecular complexity index is 832. The number of hydrogen-bond donors (Lipinski definition) is 1. The first-order valence-electron chi connectivity index (χ1n) is 5.56. The van der Waals surface area contributed by atoms with Crippen molar-refractivity contribution in [2.45, 2.75) is 0 Å². The molecule has 1 heterocycles. The molecule has 0 spiro atoms. The molecule has 0 saturated heterocycles. The summed E-state index contributed by atoms with van der Waals surface area (Å²) in [4.78, 5) is 4.14. The molecule has 0 fully saturated rings. The van der Waals surface area contributed by atoms with Crippen LogP contribution in [0.1, 0.15) is 0 Å². The van der Waals surface area contributed by atoms with Gasteiger partial charge in [-0.1, -0.05) is 23.2 Å². The van der Waals surface area contributed by atoms with Gasteiger partial charge in [-0.15, -0.1) is 0 Å². The summed E-state index contributed by atoms with van der Waals surface area (Å²) in [5.74, 6) is -0.194. The fraction of sp³-hybridized carbons (Fsp3) is 0. The van der Waals surface area contributed by atoms with Crippen LogP contribution < -0.4 is 5.73 Å². The van der Waals surface area contributed by atoms with Gasteiger partial charge in [0.1, 0.15) is 5.82 Å². The Morgan fingerprint density at radius 2 is 1.95 bits per heavy atom. The lowest BCUT2D eigenvalue weighted by Crippen LogP contribution is -2.01. The molecule has 0 amide bonds. The van der Waals surface area contributed by atoms with Crippen LogP contribution in [-0.4, -0.2) is 9.55 Å². The number of nitrogen functional groups attached to an aromatic ring is 1. The first-order chi connectivity index (χ1) is 9.47. The molecule has 0 atom stereocenters. The third kappa shape index (κ3) is 2.16. The summed E-state index contributed by atoms with van der Waals surface area (Å²) in [5, 5.41) is 0.993. The average Bonchev–Trinajstić information content (AvgIpc) is 2.69. The first-order valence-corrected chi connectivity index (χ1v) is 7.10. The van der Waals surface area contributed by atoms with E-state index in [1.54, 1.807) is 28.8 Å². The Morgan fingerprint density at radius 1 is 1.20 bits per heavy atom. The predicted octanol–water partition coefficient (Wildman–Crippen LogP) is 4.82. The lowest BCUT2D eigenvalue weighted by molar-refractivity contribution is 0.623. The zero-order chi connectivity index (χ0) is 14.4. The van der Waals surface area contributed by atoms with Crippen molar-refractivity contribution in [1.82, 2.24) is 9.55 Å². The number of rotatable bonds is 1. The van der Waals surface area contributed by atoms with Gasteiger partial charge in [-0.3, -0.25) is 4.57 Å². The van der Waals surface area contributed by atoms with Crippen LogP contribution in [0.3, 0.4) is 0 Å². The maximum absolute atomic E-state index is 13.6. The molecule has 0 aliphatic heterocycles. The van der Waals surface area contributed by atoms with E-state index in [1.165, 1.54) is 6.07 Å². The number of benzene rings is 2. The van der Waals surface area contributed by atoms with Gasteiger partial charge in [0.05, 0.1) is 26.2 Å². The van der Waals surface area contributed by atoms with Gasteiger partial charge in [0.25, 0.3) is 0 Å². The normalized spacial score (nSPS) is 11.2. The van der Waals surface area contributed by atoms with Gasteiger partial charge in [-0.05, 0) is 40.2 Å². The predicted molar refractivity (Wildman–Crippen MR) is 83.2 cm³/mol. The van der Waals surface area contributed by atoms with Gasteiger partial charge >= 0.3 is 0 Å². The van der Waals surface area contributed by atoms with Crippen LogP contribution in [-0.2, 0) is 0 Å². The average molecular weight is 375 g/mol. The molecular formula is C13H7BrCl2FN3. The Hall–Kier alpha value is -1.30. The third-order valence-electron chi connectivity index (χ3n) is 2.87. The highest BCUT2D eigenvalue weighted by molar-refractivity contribution is 9.10. The van der Waals surface area contributed by atoms with Crippen molar-refractivity contribution in [3.05, 3.63) is 50.7 Å². The van der Waals surface area contributed by atoms with Crippen LogP contribution in [0, 0.1) is 5.82 Å². The number of imidazole rings is 1. The Balaban J connectivity index is 2.38. The third-order valence-corrected chi connectivity index (χ3v) is 4.03. The van der Waals surface area contributed by atoms with E-state index in [1.807, 2.05) is 0 Å². The molecule has 2 aromatic carbocycles. The largest absolute Gasteiger partial charge is 0.369 e. The minimum absolute atomic E-state index is 0.210. The second-order valence-electron chi connectivity index (χ2n) is 4.16. The molecule has 3 nitrogen and oxygen atoms in total. The smallest absolute Gasteiger partial charge is 0.205 e. The van der Waals surface area contributed by atoms with Gasteiger partial charge in [0.2, 0.25) is 5.95 Å². The minimum atomic E-state index is -0.403. The number of aromatic nitrogens is 2. The number of fused-ring (bicyclic) bond motifs is 1. The highest BCUT2D eigenvalue weighted by Gasteiger charge is 2.15. The molecular weight excluding hydrogens is 368 g/mol. The second-order valence-corrected chi connectivity index (χ2v) is 5.85. The van der Waals surface area contributed by atoms with Crippen LogP contribution in [0.25, 0.3) is 16.7 Å². The number of hydrogen-bond acceptors (Lipinski definition) is 2. The van der Waals surface area contributed by atoms with Crippen LogP contribution in [0.15, 0.2) is 34.8 Å². The first kappa shape index (κ1) is 13.7. The van der Waals surface area contributed by atoms with Gasteiger partial charge in [-0.25, -0.2) is 9.37 Å². The SMILES string of the molecule is Nc1nc2cc(F)c(Br)cc2n1-c1cc(Cl)ccc1Cl. The van der Waals surface area contributed by atoms with E-state index in [0.717, 1.165) is 0 Å². The maximum atomic E-state index is 13.6. The second kappa shape index (κ2) is 4.91. The van der Waals surface area contributed by atoms with Gasteiger partial charge in [0.15, 0.2) is 0 Å². The molecule has 0 radical (unpaired) electrons. The van der Waals surface area contributed by atoms with Crippen LogP contribution in [0.4, 0.5) is 10.3 Å². The van der Waals surface area contributed by atoms with Crippen LogP contribution in [0.5, 0.6) is 0 Å². The monoisotopic (exact) mass is 373 g/mol. The lowest BCUT2D eigenvalue weighted by atomic mass is 10.2. The number of anilines is 1. The zero-order valence-corrected chi connectivity index (χ0v) is 13.0. The molecule has 3 rings (SSSR count). The number of halogens is 4. The molecule has 20 heavy (non-hydrogen) atoms. The highest BCUT2D eigenvalue weighted by atomic mass is 79.9. The summed E-state index contributed by atoms with van der Waals surface area (Å²) in [5.41, 5.74) is 7.59. The standard InChI is InChI=1S/C13H7BrCl2FN3/c14-7-4-12-10(5-9(7)17)19-13(18)20(12)11-3-6(15)1-2-8(11)16/h1-5H,(H2,18,19). The van der Waals surface area contributed by atoms with E-state index in [9.17, 15) is 4.39 Å². The molecule has 0 bridgehead atoms. The molecule has 1 aromatic heterocycles. The Labute approximate surface area is 132 Å². The minimum Gasteiger partial charge on any atom is -0.369 e. The summed E-state index contributed by atoms with van der Waals surface area (Å²) >= 11 is 15.3. The van der Waals surface area contributed by atoms with Crippen molar-refractivity contribution >= 4 is 56.1 Å². The van der Waals surface area contributed by atoms with E-state index in [0.29, 0.717) is 31.2 Å². The molecule has 0 aliphatic rings. The van der Waals surface area contributed by atoms with E-state index < -0.39 is 5.82 Å². The van der Waals surface area contributed by atoms with E-state index in [-0.39, 0.29) is 5.95 Å². The van der Waals surface area contributed by atoms with E-state index in [4.69, 9.17) is 28.9 Å². The number of nitrogens with zero attached hydrogens (tertiary/aromatic N) is 2. The zero-order valence-electron chi connectivity index (χ0n) is 9.87. The maximum Gasteiger partial charge on any atom is 0.205 e. The fourth-order valence-electron chi connectivity index (χ4n) is 2.00. The van der Waals surface area contributed by atoms with Crippen molar-refractivity contribution in [3.63, 3.8) is 0 Å². The number of nitrogens with two attached hydrogens (primary N) is 1. The van der Waals surface area contributed by atoms with Crippen molar-refractivity contribution in [1.29, 1.82) is 0 Å². The van der Waals surface area contributed by atoms with Crippen LogP contribution >= 0.6 is 39.1 Å². The Kier molecular flexibility index (Phi) is 3.36. The van der Waals surface area contributed by atoms with Crippen molar-refractivity contribution < 1.29 is 4.39 Å². The molecule has 7 heteroatoms. The molecule has 102 valence electrons. The summed E-state index contributed by atoms with van der Waals surface area (Å²) in [6.45, 7) is 0. The quantitative estimate of drug-likeness (QED) is 0.663. The van der Waals surface area contributed by atoms with Crippen molar-refractivity contribution in [2.24, 2.45) is 0 Å². The molecule has 0 unspecified atom stereocenters. The molecule has 2 N–H and O–H groups in total. The summed E-state index contributed by atoms with van der Waals surface area (Å²) in [6.07, 6.45) is 0. The lowest BCUT2D eigenvalue weighted by Gasteiger charge is -2.09. The topological polar surface area (TPSA) is 43.8 Å². The molecule has 0 aliphatic carbocycles. The fourth-order valence-corrected chi connectivity index (χ4v) is 2.70. The molecule has 3 aromatic rings. The van der Waals surface area contributed by atoms with Crippen LogP contribution in [0.2, 0.25) is 10.0 Å². The van der Waals surface area contributed by atoms with Gasteiger partial charge in [-0.2, -0.15) is 0 Å². The van der Waals surface area contributed by atoms with Gasteiger partial charge in [0, 0.05) is 11.1 Å². The molecule has 0 saturated carbocycles. The van der Waals surface area contributed by atoms with E-state index >= 15 is 0 Å². The van der Waals surface area contributed by atoms with Gasteiger partial charge < -0.3 is 5.73 Å². The summed E-state index contributed by atoms with van der Waals surface area (Å²) in [6, 6.07) is 7.94. The summed E-state index contributed by atoms with van der Waals surface area (Å²) < 4.78 is 15.5. The Morgan fingerprint density at radius 3 is 2.70 bits per heavy atom. The van der Waals surface area contributed by atoms with E-state index in [2.05, 4.69) is 20.9 Å². The highest BCUT2D eigenvalue weighted by Crippen LogP contribution is 2.32. The van der Waals surface area contributed by atoms with Crippen molar-refractivity contribution in [3.8, 4) is 5.69 Å². The summed E-state index contributed by atoms with van der Waals surface area (Å²) in [7, 11) is 0. The van der Waals surface area contributed by atoms with Crippen molar-refractivity contribution in [2.75, 3.05) is 5.73 Å².